The molecule has 1 atom stereocenters. The van der Waals surface area contributed by atoms with E-state index in [-0.39, 0.29) is 11.9 Å². The molecule has 1 amide bonds. The van der Waals surface area contributed by atoms with Crippen molar-refractivity contribution in [3.8, 4) is 0 Å². The Balaban J connectivity index is 2.82. The summed E-state index contributed by atoms with van der Waals surface area (Å²) in [6.45, 7) is 6.32. The van der Waals surface area contributed by atoms with Gasteiger partial charge in [0.25, 0.3) is 5.91 Å². The predicted molar refractivity (Wildman–Crippen MR) is 78.2 cm³/mol. The number of rotatable bonds is 4. The van der Waals surface area contributed by atoms with Gasteiger partial charge < -0.3 is 5.32 Å². The van der Waals surface area contributed by atoms with Crippen molar-refractivity contribution in [3.63, 3.8) is 0 Å². The van der Waals surface area contributed by atoms with Crippen molar-refractivity contribution in [3.05, 3.63) is 32.7 Å². The quantitative estimate of drug-likeness (QED) is 0.846. The SMILES string of the molecule is CCC(NC(=O)c1cc(Br)cc(Br)c1)C(C)C. The number of hydrogen-bond donors (Lipinski definition) is 1. The van der Waals surface area contributed by atoms with E-state index in [1.807, 2.05) is 18.2 Å². The van der Waals surface area contributed by atoms with Crippen LogP contribution in [0.2, 0.25) is 0 Å². The van der Waals surface area contributed by atoms with Crippen molar-refractivity contribution in [1.29, 1.82) is 0 Å². The first kappa shape index (κ1) is 14.7. The molecule has 17 heavy (non-hydrogen) atoms. The largest absolute Gasteiger partial charge is 0.349 e. The molecule has 0 radical (unpaired) electrons. The summed E-state index contributed by atoms with van der Waals surface area (Å²) in [7, 11) is 0. The van der Waals surface area contributed by atoms with Crippen LogP contribution in [0.3, 0.4) is 0 Å². The molecule has 1 aromatic carbocycles. The van der Waals surface area contributed by atoms with E-state index in [9.17, 15) is 4.79 Å². The minimum atomic E-state index is -0.0208. The lowest BCUT2D eigenvalue weighted by Gasteiger charge is -2.20. The molecular formula is C13H17Br2NO. The van der Waals surface area contributed by atoms with E-state index in [0.717, 1.165) is 15.4 Å². The number of hydrogen-bond acceptors (Lipinski definition) is 1. The van der Waals surface area contributed by atoms with Crippen molar-refractivity contribution in [2.75, 3.05) is 0 Å². The van der Waals surface area contributed by atoms with Gasteiger partial charge in [0, 0.05) is 20.6 Å². The molecular weight excluding hydrogens is 346 g/mol. The van der Waals surface area contributed by atoms with Crippen LogP contribution in [0.25, 0.3) is 0 Å². The Labute approximate surface area is 119 Å². The van der Waals surface area contributed by atoms with Crippen molar-refractivity contribution in [2.45, 2.75) is 33.2 Å². The second kappa shape index (κ2) is 6.55. The number of carbonyl (C=O) groups excluding carboxylic acids is 1. The lowest BCUT2D eigenvalue weighted by atomic mass is 10.0. The first-order valence-corrected chi connectivity index (χ1v) is 7.29. The van der Waals surface area contributed by atoms with Gasteiger partial charge in [-0.3, -0.25) is 4.79 Å². The van der Waals surface area contributed by atoms with Gasteiger partial charge in [-0.15, -0.1) is 0 Å². The van der Waals surface area contributed by atoms with E-state index in [0.29, 0.717) is 11.5 Å². The maximum atomic E-state index is 12.1. The molecule has 0 aliphatic rings. The smallest absolute Gasteiger partial charge is 0.251 e. The molecule has 0 saturated heterocycles. The maximum absolute atomic E-state index is 12.1. The number of amides is 1. The summed E-state index contributed by atoms with van der Waals surface area (Å²) < 4.78 is 1.80. The van der Waals surface area contributed by atoms with Crippen LogP contribution in [0.15, 0.2) is 27.1 Å². The zero-order chi connectivity index (χ0) is 13.0. The Kier molecular flexibility index (Phi) is 5.67. The summed E-state index contributed by atoms with van der Waals surface area (Å²) in [4.78, 5) is 12.1. The molecule has 0 aliphatic carbocycles. The summed E-state index contributed by atoms with van der Waals surface area (Å²) >= 11 is 6.77. The maximum Gasteiger partial charge on any atom is 0.251 e. The van der Waals surface area contributed by atoms with Gasteiger partial charge >= 0.3 is 0 Å². The second-order valence-corrected chi connectivity index (χ2v) is 6.22. The topological polar surface area (TPSA) is 29.1 Å². The van der Waals surface area contributed by atoms with Crippen LogP contribution in [-0.2, 0) is 0 Å². The Morgan fingerprint density at radius 3 is 2.18 bits per heavy atom. The molecule has 4 heteroatoms. The Hall–Kier alpha value is -0.350. The van der Waals surface area contributed by atoms with E-state index in [2.05, 4.69) is 57.9 Å². The van der Waals surface area contributed by atoms with Crippen LogP contribution in [0.4, 0.5) is 0 Å². The van der Waals surface area contributed by atoms with Gasteiger partial charge in [-0.05, 0) is 30.5 Å². The Morgan fingerprint density at radius 2 is 1.76 bits per heavy atom. The molecule has 1 rings (SSSR count). The highest BCUT2D eigenvalue weighted by molar-refractivity contribution is 9.11. The minimum Gasteiger partial charge on any atom is -0.349 e. The van der Waals surface area contributed by atoms with Crippen LogP contribution in [0.5, 0.6) is 0 Å². The summed E-state index contributed by atoms with van der Waals surface area (Å²) in [6.07, 6.45) is 0.943. The average Bonchev–Trinajstić information content (AvgIpc) is 2.23. The van der Waals surface area contributed by atoms with E-state index >= 15 is 0 Å². The lowest BCUT2D eigenvalue weighted by molar-refractivity contribution is 0.0924. The normalized spacial score (nSPS) is 12.6. The van der Waals surface area contributed by atoms with Gasteiger partial charge in [-0.1, -0.05) is 52.6 Å². The van der Waals surface area contributed by atoms with E-state index in [1.54, 1.807) is 0 Å². The Morgan fingerprint density at radius 1 is 1.24 bits per heavy atom. The van der Waals surface area contributed by atoms with Crippen LogP contribution in [0, 0.1) is 5.92 Å². The molecule has 1 N–H and O–H groups in total. The van der Waals surface area contributed by atoms with Crippen LogP contribution in [0.1, 0.15) is 37.6 Å². The van der Waals surface area contributed by atoms with Gasteiger partial charge in [-0.2, -0.15) is 0 Å². The van der Waals surface area contributed by atoms with Gasteiger partial charge in [0.15, 0.2) is 0 Å². The summed E-state index contributed by atoms with van der Waals surface area (Å²) in [5, 5.41) is 3.06. The molecule has 2 nitrogen and oxygen atoms in total. The van der Waals surface area contributed by atoms with Gasteiger partial charge in [-0.25, -0.2) is 0 Å². The number of carbonyl (C=O) groups is 1. The van der Waals surface area contributed by atoms with E-state index in [1.165, 1.54) is 0 Å². The molecule has 94 valence electrons. The molecule has 0 aromatic heterocycles. The molecule has 1 aromatic rings. The third-order valence-electron chi connectivity index (χ3n) is 2.69. The fraction of sp³-hybridized carbons (Fsp3) is 0.462. The van der Waals surface area contributed by atoms with Crippen molar-refractivity contribution < 1.29 is 4.79 Å². The minimum absolute atomic E-state index is 0.0208. The summed E-state index contributed by atoms with van der Waals surface area (Å²) in [6, 6.07) is 5.79. The monoisotopic (exact) mass is 361 g/mol. The Bertz CT molecular complexity index is 384. The zero-order valence-electron chi connectivity index (χ0n) is 10.3. The number of nitrogens with one attached hydrogen (secondary N) is 1. The van der Waals surface area contributed by atoms with Crippen LogP contribution >= 0.6 is 31.9 Å². The molecule has 1 unspecified atom stereocenters. The lowest BCUT2D eigenvalue weighted by Crippen LogP contribution is -2.38. The van der Waals surface area contributed by atoms with E-state index in [4.69, 9.17) is 0 Å². The molecule has 0 aliphatic heterocycles. The first-order valence-electron chi connectivity index (χ1n) is 5.71. The second-order valence-electron chi connectivity index (χ2n) is 4.39. The highest BCUT2D eigenvalue weighted by Crippen LogP contribution is 2.20. The fourth-order valence-corrected chi connectivity index (χ4v) is 2.97. The molecule has 0 heterocycles. The van der Waals surface area contributed by atoms with Crippen molar-refractivity contribution in [2.24, 2.45) is 5.92 Å². The fourth-order valence-electron chi connectivity index (χ4n) is 1.68. The highest BCUT2D eigenvalue weighted by Gasteiger charge is 2.15. The molecule has 0 fully saturated rings. The molecule has 0 bridgehead atoms. The third kappa shape index (κ3) is 4.43. The van der Waals surface area contributed by atoms with E-state index < -0.39 is 0 Å². The number of benzene rings is 1. The predicted octanol–water partition coefficient (Wildman–Crippen LogP) is 4.38. The zero-order valence-corrected chi connectivity index (χ0v) is 13.4. The highest BCUT2D eigenvalue weighted by atomic mass is 79.9. The summed E-state index contributed by atoms with van der Waals surface area (Å²) in [5.74, 6) is 0.423. The van der Waals surface area contributed by atoms with Crippen LogP contribution in [-0.4, -0.2) is 11.9 Å². The number of halogens is 2. The van der Waals surface area contributed by atoms with Gasteiger partial charge in [0.2, 0.25) is 0 Å². The van der Waals surface area contributed by atoms with Crippen molar-refractivity contribution >= 4 is 37.8 Å². The van der Waals surface area contributed by atoms with Gasteiger partial charge in [0.1, 0.15) is 0 Å². The summed E-state index contributed by atoms with van der Waals surface area (Å²) in [5.41, 5.74) is 0.672. The van der Waals surface area contributed by atoms with Gasteiger partial charge in [0.05, 0.1) is 0 Å². The third-order valence-corrected chi connectivity index (χ3v) is 3.60. The first-order chi connectivity index (χ1) is 7.93. The molecule has 0 spiro atoms. The standard InChI is InChI=1S/C13H17Br2NO/c1-4-12(8(2)3)16-13(17)9-5-10(14)7-11(15)6-9/h5-8,12H,4H2,1-3H3,(H,16,17). The van der Waals surface area contributed by atoms with Crippen molar-refractivity contribution in [1.82, 2.24) is 5.32 Å². The average molecular weight is 363 g/mol. The van der Waals surface area contributed by atoms with Crippen LogP contribution < -0.4 is 5.32 Å². The molecule has 0 saturated carbocycles.